The number of amides is 1. The molecule has 0 saturated heterocycles. The molecule has 128 valence electrons. The van der Waals surface area contributed by atoms with Crippen LogP contribution in [0.5, 0.6) is 0 Å². The molecular formula is C19H22BrClN2O. The second-order valence-electron chi connectivity index (χ2n) is 6.52. The summed E-state index contributed by atoms with van der Waals surface area (Å²) in [5.74, 6) is 0.0363. The van der Waals surface area contributed by atoms with E-state index in [1.54, 1.807) is 0 Å². The number of benzene rings is 2. The topological polar surface area (TPSA) is 41.1 Å². The zero-order valence-corrected chi connectivity index (χ0v) is 16.3. The van der Waals surface area contributed by atoms with Gasteiger partial charge in [-0.15, -0.1) is 12.4 Å². The summed E-state index contributed by atoms with van der Waals surface area (Å²) in [5, 5.41) is 6.41. The molecule has 0 saturated carbocycles. The highest BCUT2D eigenvalue weighted by Gasteiger charge is 2.29. The minimum Gasteiger partial charge on any atom is -0.351 e. The second-order valence-corrected chi connectivity index (χ2v) is 7.44. The number of hydrogen-bond donors (Lipinski definition) is 2. The second kappa shape index (κ2) is 7.68. The fourth-order valence-electron chi connectivity index (χ4n) is 2.87. The molecule has 2 aromatic carbocycles. The van der Waals surface area contributed by atoms with E-state index in [9.17, 15) is 4.79 Å². The average Bonchev–Trinajstić information content (AvgIpc) is 3.00. The van der Waals surface area contributed by atoms with Crippen LogP contribution in [0.25, 0.3) is 0 Å². The quantitative estimate of drug-likeness (QED) is 0.799. The zero-order valence-electron chi connectivity index (χ0n) is 13.9. The van der Waals surface area contributed by atoms with Gasteiger partial charge in [-0.2, -0.15) is 0 Å². The minimum absolute atomic E-state index is 0. The summed E-state index contributed by atoms with van der Waals surface area (Å²) in [6, 6.07) is 14.3. The summed E-state index contributed by atoms with van der Waals surface area (Å²) in [7, 11) is 0. The van der Waals surface area contributed by atoms with Crippen LogP contribution >= 0.6 is 28.3 Å². The molecule has 0 aliphatic carbocycles. The van der Waals surface area contributed by atoms with Crippen LogP contribution in [-0.2, 0) is 29.8 Å². The third kappa shape index (κ3) is 4.00. The van der Waals surface area contributed by atoms with Crippen LogP contribution in [0.3, 0.4) is 0 Å². The molecule has 0 spiro atoms. The van der Waals surface area contributed by atoms with E-state index < -0.39 is 5.41 Å². The van der Waals surface area contributed by atoms with Crippen molar-refractivity contribution in [2.75, 3.05) is 0 Å². The van der Waals surface area contributed by atoms with Gasteiger partial charge in [0.15, 0.2) is 0 Å². The first-order valence-corrected chi connectivity index (χ1v) is 8.62. The van der Waals surface area contributed by atoms with E-state index in [1.165, 1.54) is 11.1 Å². The summed E-state index contributed by atoms with van der Waals surface area (Å²) < 4.78 is 0.988. The maximum atomic E-state index is 12.6. The standard InChI is InChI=1S/C19H21BrN2O.ClH/c1-19(2,16-4-3-5-17(20)9-16)18(23)22-10-13-6-7-14-11-21-12-15(14)8-13;/h3-9,21H,10-12H2,1-2H3,(H,22,23);1H. The molecule has 0 bridgehead atoms. The minimum atomic E-state index is -0.567. The molecular weight excluding hydrogens is 388 g/mol. The van der Waals surface area contributed by atoms with Crippen molar-refractivity contribution in [3.05, 3.63) is 69.2 Å². The van der Waals surface area contributed by atoms with Gasteiger partial charge in [-0.3, -0.25) is 4.79 Å². The highest BCUT2D eigenvalue weighted by molar-refractivity contribution is 9.10. The molecule has 1 aliphatic heterocycles. The summed E-state index contributed by atoms with van der Waals surface area (Å²) >= 11 is 3.47. The van der Waals surface area contributed by atoms with E-state index in [1.807, 2.05) is 38.1 Å². The SMILES string of the molecule is CC(C)(C(=O)NCc1ccc2c(c1)CNC2)c1cccc(Br)c1.Cl. The number of rotatable bonds is 4. The van der Waals surface area contributed by atoms with E-state index in [0.29, 0.717) is 6.54 Å². The number of carbonyl (C=O) groups is 1. The normalized spacial score (nSPS) is 13.1. The van der Waals surface area contributed by atoms with E-state index in [4.69, 9.17) is 0 Å². The van der Waals surface area contributed by atoms with E-state index in [0.717, 1.165) is 28.7 Å². The van der Waals surface area contributed by atoms with Crippen LogP contribution in [-0.4, -0.2) is 5.91 Å². The van der Waals surface area contributed by atoms with Gasteiger partial charge in [0.1, 0.15) is 0 Å². The lowest BCUT2D eigenvalue weighted by atomic mass is 9.83. The Bertz CT molecular complexity index is 746. The molecule has 0 radical (unpaired) electrons. The summed E-state index contributed by atoms with van der Waals surface area (Å²) in [4.78, 5) is 12.6. The Morgan fingerprint density at radius 3 is 2.67 bits per heavy atom. The first-order valence-electron chi connectivity index (χ1n) is 7.82. The smallest absolute Gasteiger partial charge is 0.230 e. The molecule has 3 rings (SSSR count). The van der Waals surface area contributed by atoms with Crippen LogP contribution in [0.1, 0.15) is 36.1 Å². The molecule has 1 heterocycles. The fraction of sp³-hybridized carbons (Fsp3) is 0.316. The molecule has 1 aliphatic rings. The van der Waals surface area contributed by atoms with Gasteiger partial charge in [-0.1, -0.05) is 46.3 Å². The van der Waals surface area contributed by atoms with Gasteiger partial charge in [-0.05, 0) is 48.2 Å². The number of halogens is 2. The maximum absolute atomic E-state index is 12.6. The molecule has 24 heavy (non-hydrogen) atoms. The predicted molar refractivity (Wildman–Crippen MR) is 103 cm³/mol. The first kappa shape index (κ1) is 19.0. The van der Waals surface area contributed by atoms with Gasteiger partial charge in [0.25, 0.3) is 0 Å². The molecule has 1 amide bonds. The summed E-state index contributed by atoms with van der Waals surface area (Å²) in [6.07, 6.45) is 0. The van der Waals surface area contributed by atoms with Crippen molar-refractivity contribution in [2.45, 2.75) is 38.9 Å². The van der Waals surface area contributed by atoms with Crippen molar-refractivity contribution in [1.82, 2.24) is 10.6 Å². The Morgan fingerprint density at radius 1 is 1.17 bits per heavy atom. The number of fused-ring (bicyclic) bond motifs is 1. The van der Waals surface area contributed by atoms with Crippen LogP contribution in [0.15, 0.2) is 46.9 Å². The summed E-state index contributed by atoms with van der Waals surface area (Å²) in [5.41, 5.74) is 4.27. The Kier molecular flexibility index (Phi) is 6.07. The largest absolute Gasteiger partial charge is 0.351 e. The Labute approximate surface area is 157 Å². The van der Waals surface area contributed by atoms with E-state index in [2.05, 4.69) is 44.8 Å². The lowest BCUT2D eigenvalue weighted by molar-refractivity contribution is -0.125. The third-order valence-electron chi connectivity index (χ3n) is 4.47. The van der Waals surface area contributed by atoms with E-state index in [-0.39, 0.29) is 18.3 Å². The highest BCUT2D eigenvalue weighted by Crippen LogP contribution is 2.26. The van der Waals surface area contributed by atoms with Crippen molar-refractivity contribution < 1.29 is 4.79 Å². The zero-order chi connectivity index (χ0) is 16.4. The molecule has 2 aromatic rings. The van der Waals surface area contributed by atoms with Crippen molar-refractivity contribution in [1.29, 1.82) is 0 Å². The third-order valence-corrected chi connectivity index (χ3v) is 4.96. The number of hydrogen-bond acceptors (Lipinski definition) is 2. The fourth-order valence-corrected chi connectivity index (χ4v) is 3.27. The Morgan fingerprint density at radius 2 is 1.92 bits per heavy atom. The average molecular weight is 410 g/mol. The van der Waals surface area contributed by atoms with Crippen LogP contribution < -0.4 is 10.6 Å². The van der Waals surface area contributed by atoms with Crippen LogP contribution in [0, 0.1) is 0 Å². The molecule has 3 nitrogen and oxygen atoms in total. The molecule has 2 N–H and O–H groups in total. The predicted octanol–water partition coefficient (Wildman–Crippen LogP) is 4.07. The number of nitrogens with one attached hydrogen (secondary N) is 2. The lowest BCUT2D eigenvalue weighted by Crippen LogP contribution is -2.39. The van der Waals surface area contributed by atoms with Crippen molar-refractivity contribution >= 4 is 34.2 Å². The monoisotopic (exact) mass is 408 g/mol. The molecule has 0 fully saturated rings. The maximum Gasteiger partial charge on any atom is 0.230 e. The van der Waals surface area contributed by atoms with Gasteiger partial charge in [0, 0.05) is 24.1 Å². The number of carbonyl (C=O) groups excluding carboxylic acids is 1. The van der Waals surface area contributed by atoms with E-state index >= 15 is 0 Å². The first-order chi connectivity index (χ1) is 11.0. The van der Waals surface area contributed by atoms with Crippen molar-refractivity contribution in [2.24, 2.45) is 0 Å². The van der Waals surface area contributed by atoms with Gasteiger partial charge in [0.2, 0.25) is 5.91 Å². The van der Waals surface area contributed by atoms with Crippen LogP contribution in [0.4, 0.5) is 0 Å². The Hall–Kier alpha value is -1.36. The van der Waals surface area contributed by atoms with Crippen molar-refractivity contribution in [3.63, 3.8) is 0 Å². The summed E-state index contributed by atoms with van der Waals surface area (Å²) in [6.45, 7) is 6.33. The molecule has 0 atom stereocenters. The lowest BCUT2D eigenvalue weighted by Gasteiger charge is -2.24. The van der Waals surface area contributed by atoms with Gasteiger partial charge < -0.3 is 10.6 Å². The van der Waals surface area contributed by atoms with Gasteiger partial charge >= 0.3 is 0 Å². The highest BCUT2D eigenvalue weighted by atomic mass is 79.9. The Balaban J connectivity index is 0.00000208. The van der Waals surface area contributed by atoms with Gasteiger partial charge in [0.05, 0.1) is 5.41 Å². The molecule has 0 aromatic heterocycles. The van der Waals surface area contributed by atoms with Gasteiger partial charge in [-0.25, -0.2) is 0 Å². The van der Waals surface area contributed by atoms with Crippen LogP contribution in [0.2, 0.25) is 0 Å². The molecule has 0 unspecified atom stereocenters. The van der Waals surface area contributed by atoms with Crippen molar-refractivity contribution in [3.8, 4) is 0 Å². The molecule has 5 heteroatoms.